The summed E-state index contributed by atoms with van der Waals surface area (Å²) in [5.74, 6) is -0.503. The number of aromatic nitrogens is 1. The maximum absolute atomic E-state index is 14.6. The second kappa shape index (κ2) is 12.8. The molecule has 1 aliphatic rings. The van der Waals surface area contributed by atoms with E-state index >= 15 is 0 Å². The molecule has 1 unspecified atom stereocenters. The molecule has 0 saturated heterocycles. The molecule has 0 fully saturated rings. The molecule has 4 aromatic carbocycles. The number of allylic oxidation sites excluding steroid dienone is 1. The van der Waals surface area contributed by atoms with Crippen LogP contribution in [-0.4, -0.2) is 10.5 Å². The van der Waals surface area contributed by atoms with Gasteiger partial charge in [-0.05, 0) is 54.0 Å². The zero-order chi connectivity index (χ0) is 30.6. The lowest BCUT2D eigenvalue weighted by Gasteiger charge is -2.25. The highest BCUT2D eigenvalue weighted by molar-refractivity contribution is 7.07. The SMILES string of the molecule is CC1=C(C(=O)OCc2ccccc2)C(c2ccc(OCc3ccccc3)cc2)n2c(sc(=Cc3c(F)cccc3Cl)c2=O)=N1. The smallest absolute Gasteiger partial charge is 0.338 e. The van der Waals surface area contributed by atoms with Gasteiger partial charge in [0, 0.05) is 5.56 Å². The first kappa shape index (κ1) is 29.3. The predicted molar refractivity (Wildman–Crippen MR) is 169 cm³/mol. The quantitative estimate of drug-likeness (QED) is 0.189. The van der Waals surface area contributed by atoms with Crippen molar-refractivity contribution in [2.24, 2.45) is 4.99 Å². The van der Waals surface area contributed by atoms with Gasteiger partial charge in [0.05, 0.1) is 26.9 Å². The minimum atomic E-state index is -0.837. The molecule has 0 aliphatic carbocycles. The lowest BCUT2D eigenvalue weighted by molar-refractivity contribution is -0.140. The van der Waals surface area contributed by atoms with Gasteiger partial charge in [0.15, 0.2) is 4.80 Å². The van der Waals surface area contributed by atoms with Crippen molar-refractivity contribution in [1.29, 1.82) is 0 Å². The molecule has 1 aromatic heterocycles. The van der Waals surface area contributed by atoms with Crippen molar-refractivity contribution in [1.82, 2.24) is 4.57 Å². The van der Waals surface area contributed by atoms with Crippen LogP contribution in [0.1, 0.15) is 35.2 Å². The van der Waals surface area contributed by atoms with Crippen LogP contribution in [0.15, 0.2) is 124 Å². The van der Waals surface area contributed by atoms with Gasteiger partial charge < -0.3 is 9.47 Å². The second-order valence-corrected chi connectivity index (χ2v) is 11.5. The van der Waals surface area contributed by atoms with Crippen molar-refractivity contribution in [3.05, 3.63) is 167 Å². The number of hydrogen-bond donors (Lipinski definition) is 0. The lowest BCUT2D eigenvalue weighted by Crippen LogP contribution is -2.39. The van der Waals surface area contributed by atoms with E-state index in [2.05, 4.69) is 4.99 Å². The number of benzene rings is 4. The van der Waals surface area contributed by atoms with Gasteiger partial charge in [0.25, 0.3) is 5.56 Å². The van der Waals surface area contributed by atoms with Gasteiger partial charge in [0.1, 0.15) is 24.8 Å². The molecule has 2 heterocycles. The van der Waals surface area contributed by atoms with Crippen molar-refractivity contribution in [2.45, 2.75) is 26.2 Å². The number of carbonyl (C=O) groups is 1. The van der Waals surface area contributed by atoms with Gasteiger partial charge in [-0.15, -0.1) is 0 Å². The molecule has 44 heavy (non-hydrogen) atoms. The van der Waals surface area contributed by atoms with Crippen LogP contribution in [-0.2, 0) is 22.7 Å². The summed E-state index contributed by atoms with van der Waals surface area (Å²) in [4.78, 5) is 32.6. The molecular weight excluding hydrogens is 599 g/mol. The summed E-state index contributed by atoms with van der Waals surface area (Å²) in [6, 6.07) is 29.9. The molecule has 0 spiro atoms. The number of ether oxygens (including phenoxy) is 2. The Labute approximate surface area is 261 Å². The van der Waals surface area contributed by atoms with Crippen molar-refractivity contribution in [2.75, 3.05) is 0 Å². The number of fused-ring (bicyclic) bond motifs is 1. The van der Waals surface area contributed by atoms with Crippen molar-refractivity contribution >= 4 is 35.0 Å². The molecule has 1 atom stereocenters. The number of hydrogen-bond acceptors (Lipinski definition) is 6. The average Bonchev–Trinajstić information content (AvgIpc) is 3.35. The normalized spacial score (nSPS) is 14.6. The Kier molecular flexibility index (Phi) is 8.54. The minimum Gasteiger partial charge on any atom is -0.489 e. The third kappa shape index (κ3) is 6.13. The van der Waals surface area contributed by atoms with Crippen LogP contribution in [0.25, 0.3) is 6.08 Å². The zero-order valence-electron chi connectivity index (χ0n) is 23.6. The maximum atomic E-state index is 14.6. The van der Waals surface area contributed by atoms with Crippen LogP contribution in [0, 0.1) is 5.82 Å². The first-order valence-electron chi connectivity index (χ1n) is 13.8. The van der Waals surface area contributed by atoms with Gasteiger partial charge >= 0.3 is 5.97 Å². The standard InChI is InChI=1S/C35H26ClFN2O4S/c1-22-31(34(41)43-21-24-11-6-3-7-12-24)32(25-15-17-26(18-16-25)42-20-23-9-4-2-5-10-23)39-33(40)30(44-35(39)38-22)19-27-28(36)13-8-14-29(27)37/h2-19,32H,20-21H2,1H3. The largest absolute Gasteiger partial charge is 0.489 e. The Bertz CT molecular complexity index is 2020. The summed E-state index contributed by atoms with van der Waals surface area (Å²) in [5, 5.41) is 0.180. The molecule has 5 aromatic rings. The van der Waals surface area contributed by atoms with E-state index in [0.29, 0.717) is 28.4 Å². The van der Waals surface area contributed by atoms with E-state index in [-0.39, 0.29) is 27.3 Å². The second-order valence-electron chi connectivity index (χ2n) is 10.1. The van der Waals surface area contributed by atoms with E-state index in [1.165, 1.54) is 22.8 Å². The van der Waals surface area contributed by atoms with Crippen LogP contribution in [0.5, 0.6) is 5.75 Å². The number of halogens is 2. The van der Waals surface area contributed by atoms with Crippen LogP contribution in [0.3, 0.4) is 0 Å². The molecule has 0 saturated carbocycles. The number of nitrogens with zero attached hydrogens (tertiary/aromatic N) is 2. The van der Waals surface area contributed by atoms with Crippen molar-refractivity contribution in [3.8, 4) is 5.75 Å². The van der Waals surface area contributed by atoms with E-state index in [1.54, 1.807) is 25.1 Å². The Morgan fingerprint density at radius 3 is 2.25 bits per heavy atom. The van der Waals surface area contributed by atoms with Gasteiger partial charge in [0.2, 0.25) is 0 Å². The number of esters is 1. The Balaban J connectivity index is 1.40. The Morgan fingerprint density at radius 1 is 0.932 bits per heavy atom. The van der Waals surface area contributed by atoms with E-state index in [0.717, 1.165) is 22.5 Å². The number of thiazole rings is 1. The fraction of sp³-hybridized carbons (Fsp3) is 0.114. The third-order valence-electron chi connectivity index (χ3n) is 7.17. The van der Waals surface area contributed by atoms with Gasteiger partial charge in [-0.1, -0.05) is 102 Å². The maximum Gasteiger partial charge on any atom is 0.338 e. The fourth-order valence-electron chi connectivity index (χ4n) is 4.97. The lowest BCUT2D eigenvalue weighted by atomic mass is 9.96. The highest BCUT2D eigenvalue weighted by atomic mass is 35.5. The van der Waals surface area contributed by atoms with Crippen LogP contribution >= 0.6 is 22.9 Å². The van der Waals surface area contributed by atoms with Gasteiger partial charge in [-0.2, -0.15) is 0 Å². The number of carbonyl (C=O) groups excluding carboxylic acids is 1. The first-order chi connectivity index (χ1) is 21.4. The van der Waals surface area contributed by atoms with Crippen LogP contribution < -0.4 is 19.6 Å². The molecule has 0 N–H and O–H groups in total. The Morgan fingerprint density at radius 2 is 1.59 bits per heavy atom. The minimum absolute atomic E-state index is 0.0612. The summed E-state index contributed by atoms with van der Waals surface area (Å²) in [6.45, 7) is 2.17. The highest BCUT2D eigenvalue weighted by Gasteiger charge is 2.33. The molecule has 220 valence electrons. The molecule has 0 amide bonds. The van der Waals surface area contributed by atoms with E-state index in [9.17, 15) is 14.0 Å². The molecule has 6 nitrogen and oxygen atoms in total. The monoisotopic (exact) mass is 624 g/mol. The van der Waals surface area contributed by atoms with E-state index < -0.39 is 23.4 Å². The van der Waals surface area contributed by atoms with Gasteiger partial charge in [-0.25, -0.2) is 14.2 Å². The van der Waals surface area contributed by atoms with E-state index in [4.69, 9.17) is 21.1 Å². The summed E-state index contributed by atoms with van der Waals surface area (Å²) < 4.78 is 28.0. The first-order valence-corrected chi connectivity index (χ1v) is 15.0. The van der Waals surface area contributed by atoms with Crippen molar-refractivity contribution in [3.63, 3.8) is 0 Å². The fourth-order valence-corrected chi connectivity index (χ4v) is 6.21. The zero-order valence-corrected chi connectivity index (χ0v) is 25.1. The highest BCUT2D eigenvalue weighted by Crippen LogP contribution is 2.32. The summed E-state index contributed by atoms with van der Waals surface area (Å²) in [6.07, 6.45) is 1.42. The molecule has 0 radical (unpaired) electrons. The third-order valence-corrected chi connectivity index (χ3v) is 8.49. The summed E-state index contributed by atoms with van der Waals surface area (Å²) in [5.41, 5.74) is 2.86. The summed E-state index contributed by atoms with van der Waals surface area (Å²) in [7, 11) is 0. The molecule has 6 rings (SSSR count). The number of rotatable bonds is 8. The average molecular weight is 625 g/mol. The molecule has 1 aliphatic heterocycles. The Hall–Kier alpha value is -4.79. The molecular formula is C35H26ClFN2O4S. The molecule has 9 heteroatoms. The van der Waals surface area contributed by atoms with Gasteiger partial charge in [-0.3, -0.25) is 9.36 Å². The predicted octanol–water partition coefficient (Wildman–Crippen LogP) is 6.35. The topological polar surface area (TPSA) is 69.9 Å². The van der Waals surface area contributed by atoms with Crippen LogP contribution in [0.2, 0.25) is 5.02 Å². The van der Waals surface area contributed by atoms with E-state index in [1.807, 2.05) is 72.8 Å². The van der Waals surface area contributed by atoms with Crippen LogP contribution in [0.4, 0.5) is 4.39 Å². The van der Waals surface area contributed by atoms with Crippen molar-refractivity contribution < 1.29 is 18.7 Å². The molecule has 0 bridgehead atoms. The summed E-state index contributed by atoms with van der Waals surface area (Å²) >= 11 is 7.36.